The molecule has 0 radical (unpaired) electrons. The lowest BCUT2D eigenvalue weighted by atomic mass is 9.45. The summed E-state index contributed by atoms with van der Waals surface area (Å²) in [5, 5.41) is 33.0. The molecule has 3 N–H and O–H groups in total. The SMILES string of the molecule is CC(C)[C@@H](C)CC[C@@H](C)[C@H]1CC[C@H]2C3=C[C@H](O)[C@@]4(O)C[C@H](O)CC[C@]4(C)[C@H]3CC[C@]12C. The van der Waals surface area contributed by atoms with Gasteiger partial charge in [0.25, 0.3) is 0 Å². The van der Waals surface area contributed by atoms with Gasteiger partial charge in [0.15, 0.2) is 0 Å². The Balaban J connectivity index is 1.57. The van der Waals surface area contributed by atoms with Crippen molar-refractivity contribution in [2.45, 2.75) is 117 Å². The van der Waals surface area contributed by atoms with Crippen LogP contribution in [0, 0.1) is 46.3 Å². The van der Waals surface area contributed by atoms with E-state index < -0.39 is 17.8 Å². The van der Waals surface area contributed by atoms with E-state index in [-0.39, 0.29) is 5.41 Å². The molecule has 0 aromatic rings. The van der Waals surface area contributed by atoms with Crippen LogP contribution in [0.25, 0.3) is 0 Å². The van der Waals surface area contributed by atoms with Crippen molar-refractivity contribution in [2.24, 2.45) is 46.3 Å². The van der Waals surface area contributed by atoms with E-state index in [9.17, 15) is 15.3 Å². The lowest BCUT2D eigenvalue weighted by Gasteiger charge is -2.62. The minimum atomic E-state index is -1.19. The smallest absolute Gasteiger partial charge is 0.102 e. The average Bonchev–Trinajstić information content (AvgIpc) is 3.05. The molecule has 31 heavy (non-hydrogen) atoms. The molecule has 0 saturated heterocycles. The molecule has 4 aliphatic carbocycles. The molecule has 3 nitrogen and oxygen atoms in total. The van der Waals surface area contributed by atoms with E-state index in [2.05, 4.69) is 41.5 Å². The zero-order valence-corrected chi connectivity index (χ0v) is 20.9. The molecule has 0 bridgehead atoms. The van der Waals surface area contributed by atoms with Crippen molar-refractivity contribution in [3.05, 3.63) is 11.6 Å². The molecule has 0 heterocycles. The Hall–Kier alpha value is -0.380. The van der Waals surface area contributed by atoms with Crippen LogP contribution in [0.2, 0.25) is 0 Å². The van der Waals surface area contributed by atoms with Gasteiger partial charge in [-0.25, -0.2) is 0 Å². The van der Waals surface area contributed by atoms with Crippen molar-refractivity contribution in [1.29, 1.82) is 0 Å². The first kappa shape index (κ1) is 23.8. The fourth-order valence-corrected chi connectivity index (χ4v) is 8.58. The maximum atomic E-state index is 11.6. The van der Waals surface area contributed by atoms with Gasteiger partial charge in [-0.05, 0) is 79.4 Å². The van der Waals surface area contributed by atoms with Crippen LogP contribution in [0.5, 0.6) is 0 Å². The van der Waals surface area contributed by atoms with Crippen LogP contribution in [0.3, 0.4) is 0 Å². The van der Waals surface area contributed by atoms with E-state index in [1.807, 2.05) is 6.08 Å². The zero-order chi connectivity index (χ0) is 22.8. The van der Waals surface area contributed by atoms with E-state index in [1.165, 1.54) is 37.7 Å². The van der Waals surface area contributed by atoms with Crippen LogP contribution in [0.15, 0.2) is 11.6 Å². The number of aliphatic hydroxyl groups excluding tert-OH is 2. The molecule has 0 amide bonds. The maximum Gasteiger partial charge on any atom is 0.102 e. The number of fused-ring (bicyclic) bond motifs is 5. The van der Waals surface area contributed by atoms with Crippen molar-refractivity contribution in [2.75, 3.05) is 0 Å². The van der Waals surface area contributed by atoms with Crippen molar-refractivity contribution >= 4 is 0 Å². The van der Waals surface area contributed by atoms with Gasteiger partial charge in [0, 0.05) is 11.8 Å². The van der Waals surface area contributed by atoms with Gasteiger partial charge in [0.2, 0.25) is 0 Å². The zero-order valence-electron chi connectivity index (χ0n) is 20.9. The Labute approximate surface area is 190 Å². The number of rotatable bonds is 5. The molecular weight excluding hydrogens is 384 g/mol. The molecule has 0 aromatic heterocycles. The second-order valence-electron chi connectivity index (χ2n) is 13.0. The fourth-order valence-electron chi connectivity index (χ4n) is 8.58. The number of hydrogen-bond donors (Lipinski definition) is 3. The molecular formula is C28H48O3. The molecule has 4 aliphatic rings. The maximum absolute atomic E-state index is 11.6. The summed E-state index contributed by atoms with van der Waals surface area (Å²) in [6.07, 6.45) is 10.1. The quantitative estimate of drug-likeness (QED) is 0.487. The predicted octanol–water partition coefficient (Wildman–Crippen LogP) is 5.72. The lowest BCUT2D eigenvalue weighted by molar-refractivity contribution is -0.210. The van der Waals surface area contributed by atoms with Crippen LogP contribution in [0.1, 0.15) is 99.3 Å². The summed E-state index contributed by atoms with van der Waals surface area (Å²) in [5.74, 6) is 3.96. The van der Waals surface area contributed by atoms with Crippen molar-refractivity contribution < 1.29 is 15.3 Å². The third-order valence-electron chi connectivity index (χ3n) is 11.2. The van der Waals surface area contributed by atoms with Crippen LogP contribution in [0.4, 0.5) is 0 Å². The Morgan fingerprint density at radius 3 is 2.32 bits per heavy atom. The molecule has 0 aromatic carbocycles. The molecule has 10 atom stereocenters. The Kier molecular flexibility index (Phi) is 6.24. The van der Waals surface area contributed by atoms with Gasteiger partial charge in [-0.1, -0.05) is 66.0 Å². The highest BCUT2D eigenvalue weighted by Crippen LogP contribution is 2.67. The molecule has 0 aliphatic heterocycles. The lowest BCUT2D eigenvalue weighted by Crippen LogP contribution is -2.65. The summed E-state index contributed by atoms with van der Waals surface area (Å²) in [5.41, 5.74) is 0.260. The molecule has 4 rings (SSSR count). The van der Waals surface area contributed by atoms with Gasteiger partial charge in [0.05, 0.1) is 6.10 Å². The molecule has 3 heteroatoms. The summed E-state index contributed by atoms with van der Waals surface area (Å²) in [7, 11) is 0. The molecule has 178 valence electrons. The van der Waals surface area contributed by atoms with Gasteiger partial charge in [-0.3, -0.25) is 0 Å². The number of aliphatic hydroxyl groups is 3. The van der Waals surface area contributed by atoms with Crippen molar-refractivity contribution in [3.63, 3.8) is 0 Å². The molecule has 0 unspecified atom stereocenters. The Morgan fingerprint density at radius 2 is 1.65 bits per heavy atom. The van der Waals surface area contributed by atoms with E-state index in [0.29, 0.717) is 23.7 Å². The first-order valence-corrected chi connectivity index (χ1v) is 13.2. The predicted molar refractivity (Wildman–Crippen MR) is 126 cm³/mol. The minimum Gasteiger partial charge on any atom is -0.393 e. The van der Waals surface area contributed by atoms with Crippen LogP contribution in [-0.2, 0) is 0 Å². The van der Waals surface area contributed by atoms with Gasteiger partial charge < -0.3 is 15.3 Å². The fraction of sp³-hybridized carbons (Fsp3) is 0.929. The monoisotopic (exact) mass is 432 g/mol. The number of hydrogen-bond acceptors (Lipinski definition) is 3. The summed E-state index contributed by atoms with van der Waals surface area (Å²) in [6, 6.07) is 0. The highest BCUT2D eigenvalue weighted by Gasteiger charge is 2.64. The second kappa shape index (κ2) is 8.13. The van der Waals surface area contributed by atoms with Crippen LogP contribution >= 0.6 is 0 Å². The first-order chi connectivity index (χ1) is 14.4. The van der Waals surface area contributed by atoms with Gasteiger partial charge in [-0.15, -0.1) is 0 Å². The summed E-state index contributed by atoms with van der Waals surface area (Å²) >= 11 is 0. The van der Waals surface area contributed by atoms with E-state index in [1.54, 1.807) is 0 Å². The van der Waals surface area contributed by atoms with E-state index in [0.717, 1.165) is 42.9 Å². The molecule has 3 saturated carbocycles. The van der Waals surface area contributed by atoms with Crippen LogP contribution in [-0.4, -0.2) is 33.1 Å². The summed E-state index contributed by atoms with van der Waals surface area (Å²) in [4.78, 5) is 0. The molecule has 0 spiro atoms. The summed E-state index contributed by atoms with van der Waals surface area (Å²) in [6.45, 7) is 14.3. The minimum absolute atomic E-state index is 0.306. The first-order valence-electron chi connectivity index (χ1n) is 13.2. The Morgan fingerprint density at radius 1 is 0.935 bits per heavy atom. The van der Waals surface area contributed by atoms with E-state index in [4.69, 9.17) is 0 Å². The highest BCUT2D eigenvalue weighted by molar-refractivity contribution is 5.33. The Bertz CT molecular complexity index is 700. The van der Waals surface area contributed by atoms with Gasteiger partial charge in [0.1, 0.15) is 11.7 Å². The largest absolute Gasteiger partial charge is 0.393 e. The average molecular weight is 433 g/mol. The van der Waals surface area contributed by atoms with Gasteiger partial charge >= 0.3 is 0 Å². The summed E-state index contributed by atoms with van der Waals surface area (Å²) < 4.78 is 0. The molecule has 3 fully saturated rings. The van der Waals surface area contributed by atoms with Gasteiger partial charge in [-0.2, -0.15) is 0 Å². The number of allylic oxidation sites excluding steroid dienone is 1. The van der Waals surface area contributed by atoms with Crippen LogP contribution < -0.4 is 0 Å². The van der Waals surface area contributed by atoms with E-state index >= 15 is 0 Å². The second-order valence-corrected chi connectivity index (χ2v) is 13.0. The standard InChI is InChI=1S/C28H48O3/c1-17(2)18(3)7-8-19(4)22-9-10-23-21-15-25(30)28(31)16-20(29)11-14-27(28,6)24(21)12-13-26(22,23)5/h15,17-20,22-25,29-31H,7-14,16H2,1-6H3/t18-,19+,20+,22+,23-,24-,25-,26+,27+,28-/m0/s1. The van der Waals surface area contributed by atoms with Crippen molar-refractivity contribution in [3.8, 4) is 0 Å². The third kappa shape index (κ3) is 3.56. The van der Waals surface area contributed by atoms with Crippen molar-refractivity contribution in [1.82, 2.24) is 0 Å². The highest BCUT2D eigenvalue weighted by atomic mass is 16.3. The third-order valence-corrected chi connectivity index (χ3v) is 11.2. The topological polar surface area (TPSA) is 60.7 Å². The normalized spacial score (nSPS) is 49.1.